The highest BCUT2D eigenvalue weighted by molar-refractivity contribution is 8.25. The number of rotatable bonds is 1. The summed E-state index contributed by atoms with van der Waals surface area (Å²) in [6.07, 6.45) is 0.995. The monoisotopic (exact) mass is 161 g/mol. The van der Waals surface area contributed by atoms with Crippen molar-refractivity contribution < 1.29 is 0 Å². The van der Waals surface area contributed by atoms with Gasteiger partial charge >= 0.3 is 0 Å². The fourth-order valence-electron chi connectivity index (χ4n) is 0.640. The van der Waals surface area contributed by atoms with Gasteiger partial charge in [-0.3, -0.25) is 0 Å². The number of allylic oxidation sites excluding steroid dienone is 1. The summed E-state index contributed by atoms with van der Waals surface area (Å²) in [5.74, 6) is 2.47. The predicted octanol–water partition coefficient (Wildman–Crippen LogP) is 2.00. The quantitative estimate of drug-likeness (QED) is 0.637. The van der Waals surface area contributed by atoms with Crippen LogP contribution in [0.1, 0.15) is 13.3 Å². The Labute approximate surface area is 64.5 Å². The molecular formula is C6H11NS2. The van der Waals surface area contributed by atoms with E-state index in [9.17, 15) is 0 Å². The minimum absolute atomic E-state index is 0.995. The lowest BCUT2D eigenvalue weighted by Gasteiger charge is -1.98. The summed E-state index contributed by atoms with van der Waals surface area (Å²) in [6.45, 7) is 2.10. The molecule has 1 heterocycles. The van der Waals surface area contributed by atoms with E-state index in [1.165, 1.54) is 15.7 Å². The van der Waals surface area contributed by atoms with Gasteiger partial charge in [0.1, 0.15) is 0 Å². The number of hydrogen-bond donors (Lipinski definition) is 1. The number of hydrogen-bond acceptors (Lipinski definition) is 3. The van der Waals surface area contributed by atoms with Gasteiger partial charge in [-0.25, -0.2) is 0 Å². The Balaban J connectivity index is 2.55. The molecule has 0 aromatic rings. The highest BCUT2D eigenvalue weighted by Crippen LogP contribution is 2.37. The topological polar surface area (TPSA) is 26.0 Å². The molecule has 1 saturated heterocycles. The van der Waals surface area contributed by atoms with Gasteiger partial charge in [0.2, 0.25) is 0 Å². The molecule has 0 aliphatic carbocycles. The smallest absolute Gasteiger partial charge is 0.0590 e. The lowest BCUT2D eigenvalue weighted by atomic mass is 10.4. The van der Waals surface area contributed by atoms with E-state index in [0.717, 1.165) is 12.1 Å². The first kappa shape index (κ1) is 7.35. The summed E-state index contributed by atoms with van der Waals surface area (Å²) in [5, 5.41) is 0. The van der Waals surface area contributed by atoms with Gasteiger partial charge in [0, 0.05) is 17.2 Å². The van der Waals surface area contributed by atoms with Crippen LogP contribution in [0.2, 0.25) is 0 Å². The van der Waals surface area contributed by atoms with Crippen molar-refractivity contribution in [3.8, 4) is 0 Å². The Bertz CT molecular complexity index is 123. The molecule has 1 aliphatic rings. The highest BCUT2D eigenvalue weighted by Gasteiger charge is 2.10. The first-order valence-electron chi connectivity index (χ1n) is 3.08. The van der Waals surface area contributed by atoms with Crippen LogP contribution in [-0.4, -0.2) is 11.5 Å². The molecule has 1 rings (SSSR count). The SMILES string of the molecule is CCC(N)=C1SCCS1. The van der Waals surface area contributed by atoms with Gasteiger partial charge in [0.15, 0.2) is 0 Å². The van der Waals surface area contributed by atoms with Crippen LogP contribution in [0.3, 0.4) is 0 Å². The molecule has 1 aliphatic heterocycles. The van der Waals surface area contributed by atoms with Crippen LogP contribution >= 0.6 is 23.5 Å². The molecule has 1 fully saturated rings. The number of thioether (sulfide) groups is 2. The van der Waals surface area contributed by atoms with Crippen LogP contribution in [-0.2, 0) is 0 Å². The third kappa shape index (κ3) is 1.83. The van der Waals surface area contributed by atoms with Gasteiger partial charge in [-0.1, -0.05) is 6.92 Å². The van der Waals surface area contributed by atoms with Gasteiger partial charge < -0.3 is 5.73 Å². The van der Waals surface area contributed by atoms with Crippen molar-refractivity contribution >= 4 is 23.5 Å². The largest absolute Gasteiger partial charge is 0.401 e. The Hall–Kier alpha value is 0.240. The van der Waals surface area contributed by atoms with E-state index in [-0.39, 0.29) is 0 Å². The third-order valence-electron chi connectivity index (χ3n) is 1.19. The molecule has 52 valence electrons. The third-order valence-corrected chi connectivity index (χ3v) is 4.02. The fraction of sp³-hybridized carbons (Fsp3) is 0.667. The Morgan fingerprint density at radius 2 is 2.11 bits per heavy atom. The summed E-state index contributed by atoms with van der Waals surface area (Å²) >= 11 is 3.79. The second-order valence-corrected chi connectivity index (χ2v) is 4.33. The lowest BCUT2D eigenvalue weighted by molar-refractivity contribution is 1.07. The predicted molar refractivity (Wildman–Crippen MR) is 46.4 cm³/mol. The van der Waals surface area contributed by atoms with E-state index in [1.54, 1.807) is 0 Å². The minimum Gasteiger partial charge on any atom is -0.401 e. The maximum Gasteiger partial charge on any atom is 0.0590 e. The maximum absolute atomic E-state index is 5.72. The molecule has 0 amide bonds. The van der Waals surface area contributed by atoms with E-state index in [1.807, 2.05) is 23.5 Å². The van der Waals surface area contributed by atoms with Crippen molar-refractivity contribution in [2.24, 2.45) is 5.73 Å². The van der Waals surface area contributed by atoms with E-state index < -0.39 is 0 Å². The summed E-state index contributed by atoms with van der Waals surface area (Å²) < 4.78 is 1.36. The molecule has 0 atom stereocenters. The minimum atomic E-state index is 0.995. The van der Waals surface area contributed by atoms with E-state index in [2.05, 4.69) is 6.92 Å². The molecule has 2 N–H and O–H groups in total. The zero-order valence-electron chi connectivity index (χ0n) is 5.52. The van der Waals surface area contributed by atoms with Gasteiger partial charge in [-0.05, 0) is 6.42 Å². The van der Waals surface area contributed by atoms with Crippen LogP contribution in [0, 0.1) is 0 Å². The molecule has 1 nitrogen and oxygen atoms in total. The summed E-state index contributed by atoms with van der Waals surface area (Å²) in [4.78, 5) is 0. The zero-order chi connectivity index (χ0) is 6.69. The van der Waals surface area contributed by atoms with Crippen molar-refractivity contribution in [1.82, 2.24) is 0 Å². The average molecular weight is 161 g/mol. The van der Waals surface area contributed by atoms with Crippen LogP contribution in [0.4, 0.5) is 0 Å². The molecule has 3 heteroatoms. The van der Waals surface area contributed by atoms with Crippen molar-refractivity contribution in [3.63, 3.8) is 0 Å². The van der Waals surface area contributed by atoms with E-state index in [0.29, 0.717) is 0 Å². The van der Waals surface area contributed by atoms with Gasteiger partial charge in [0.25, 0.3) is 0 Å². The fourth-order valence-corrected chi connectivity index (χ4v) is 3.17. The maximum atomic E-state index is 5.72. The Morgan fingerprint density at radius 1 is 1.56 bits per heavy atom. The van der Waals surface area contributed by atoms with Crippen molar-refractivity contribution in [2.75, 3.05) is 11.5 Å². The molecule has 0 bridgehead atoms. The molecule has 0 spiro atoms. The molecule has 0 radical (unpaired) electrons. The molecule has 0 aromatic carbocycles. The second-order valence-electron chi connectivity index (χ2n) is 1.86. The average Bonchev–Trinajstić information content (AvgIpc) is 2.37. The van der Waals surface area contributed by atoms with Crippen molar-refractivity contribution in [1.29, 1.82) is 0 Å². The standard InChI is InChI=1S/C6H11NS2/c1-2-5(7)6-8-3-4-9-6/h2-4,7H2,1H3. The second kappa shape index (κ2) is 3.42. The first-order chi connectivity index (χ1) is 4.34. The van der Waals surface area contributed by atoms with Crippen molar-refractivity contribution in [2.45, 2.75) is 13.3 Å². The summed E-state index contributed by atoms with van der Waals surface area (Å²) in [5.41, 5.74) is 6.79. The Kier molecular flexibility index (Phi) is 2.79. The summed E-state index contributed by atoms with van der Waals surface area (Å²) in [6, 6.07) is 0. The molecule has 0 aromatic heterocycles. The molecule has 9 heavy (non-hydrogen) atoms. The van der Waals surface area contributed by atoms with Crippen LogP contribution in [0.25, 0.3) is 0 Å². The Morgan fingerprint density at radius 3 is 2.56 bits per heavy atom. The van der Waals surface area contributed by atoms with Gasteiger partial charge in [0.05, 0.1) is 4.24 Å². The first-order valence-corrected chi connectivity index (χ1v) is 5.06. The van der Waals surface area contributed by atoms with Crippen LogP contribution in [0.15, 0.2) is 9.93 Å². The lowest BCUT2D eigenvalue weighted by Crippen LogP contribution is -1.95. The molecule has 0 saturated carbocycles. The van der Waals surface area contributed by atoms with E-state index in [4.69, 9.17) is 5.73 Å². The van der Waals surface area contributed by atoms with E-state index >= 15 is 0 Å². The summed E-state index contributed by atoms with van der Waals surface area (Å²) in [7, 11) is 0. The molecule has 0 unspecified atom stereocenters. The van der Waals surface area contributed by atoms with Crippen molar-refractivity contribution in [3.05, 3.63) is 9.93 Å². The van der Waals surface area contributed by atoms with Gasteiger partial charge in [-0.15, -0.1) is 23.5 Å². The normalized spacial score (nSPS) is 18.6. The number of nitrogens with two attached hydrogens (primary N) is 1. The molecular weight excluding hydrogens is 150 g/mol. The zero-order valence-corrected chi connectivity index (χ0v) is 7.15. The highest BCUT2D eigenvalue weighted by atomic mass is 32.2. The van der Waals surface area contributed by atoms with Crippen LogP contribution < -0.4 is 5.73 Å². The van der Waals surface area contributed by atoms with Gasteiger partial charge in [-0.2, -0.15) is 0 Å². The van der Waals surface area contributed by atoms with Crippen LogP contribution in [0.5, 0.6) is 0 Å².